The summed E-state index contributed by atoms with van der Waals surface area (Å²) in [5.41, 5.74) is 1.30. The number of amides is 1. The highest BCUT2D eigenvalue weighted by molar-refractivity contribution is 7.11. The minimum absolute atomic E-state index is 0. The molecule has 0 atom stereocenters. The molecule has 102 valence electrons. The van der Waals surface area contributed by atoms with Crippen LogP contribution in [0.25, 0.3) is 0 Å². The molecule has 18 heavy (non-hydrogen) atoms. The molecule has 0 saturated heterocycles. The molecule has 0 fully saturated rings. The number of carbonyl (C=O) groups excluding carboxylic acids is 1. The van der Waals surface area contributed by atoms with Crippen LogP contribution in [0.5, 0.6) is 0 Å². The van der Waals surface area contributed by atoms with Gasteiger partial charge < -0.3 is 10.6 Å². The number of nitrogens with zero attached hydrogens (tertiary/aromatic N) is 1. The molecule has 1 aromatic rings. The largest absolute Gasteiger partial charge is 0.355 e. The number of aromatic nitrogens is 1. The first-order valence-corrected chi connectivity index (χ1v) is 7.00. The second kappa shape index (κ2) is 7.71. The molecule has 0 aliphatic heterocycles. The standard InChI is InChI=1S/C12H19N3OS.ClH/c1-13-8-11(16)14-7-6-12-15-9-4-2-3-5-10(9)17-12;/h13H,2-8H2,1H3,(H,14,16);1H. The number of aryl methyl sites for hydroxylation is 2. The van der Waals surface area contributed by atoms with E-state index in [4.69, 9.17) is 0 Å². The molecule has 1 aliphatic rings. The second-order valence-corrected chi connectivity index (χ2v) is 5.48. The maximum atomic E-state index is 11.2. The second-order valence-electron chi connectivity index (χ2n) is 4.31. The number of fused-ring (bicyclic) bond motifs is 1. The van der Waals surface area contributed by atoms with Crippen LogP contribution in [0.15, 0.2) is 0 Å². The Morgan fingerprint density at radius 1 is 1.39 bits per heavy atom. The minimum atomic E-state index is 0. The zero-order chi connectivity index (χ0) is 12.1. The highest BCUT2D eigenvalue weighted by Crippen LogP contribution is 2.26. The Bertz CT molecular complexity index is 371. The van der Waals surface area contributed by atoms with E-state index in [1.54, 1.807) is 7.05 Å². The van der Waals surface area contributed by atoms with Gasteiger partial charge in [-0.25, -0.2) is 4.98 Å². The Kier molecular flexibility index (Phi) is 6.60. The van der Waals surface area contributed by atoms with Crippen molar-refractivity contribution in [3.05, 3.63) is 15.6 Å². The maximum Gasteiger partial charge on any atom is 0.233 e. The fourth-order valence-electron chi connectivity index (χ4n) is 2.04. The lowest BCUT2D eigenvalue weighted by molar-refractivity contribution is -0.120. The molecule has 6 heteroatoms. The summed E-state index contributed by atoms with van der Waals surface area (Å²) in [5, 5.41) is 6.88. The number of carbonyl (C=O) groups is 1. The maximum absolute atomic E-state index is 11.2. The van der Waals surface area contributed by atoms with Crippen molar-refractivity contribution in [2.45, 2.75) is 32.1 Å². The zero-order valence-corrected chi connectivity index (χ0v) is 12.3. The molecule has 1 amide bonds. The minimum Gasteiger partial charge on any atom is -0.355 e. The average molecular weight is 290 g/mol. The number of rotatable bonds is 5. The number of nitrogens with one attached hydrogen (secondary N) is 2. The SMILES string of the molecule is CNCC(=O)NCCc1nc2c(s1)CCCC2.Cl. The van der Waals surface area contributed by atoms with Gasteiger partial charge in [0.1, 0.15) is 0 Å². The van der Waals surface area contributed by atoms with Crippen LogP contribution in [0.3, 0.4) is 0 Å². The fourth-order valence-corrected chi connectivity index (χ4v) is 3.20. The molecule has 4 nitrogen and oxygen atoms in total. The Balaban J connectivity index is 0.00000162. The van der Waals surface area contributed by atoms with Gasteiger partial charge in [0.2, 0.25) is 5.91 Å². The number of thiazole rings is 1. The van der Waals surface area contributed by atoms with E-state index >= 15 is 0 Å². The lowest BCUT2D eigenvalue weighted by Crippen LogP contribution is -2.33. The van der Waals surface area contributed by atoms with Crippen molar-refractivity contribution < 1.29 is 4.79 Å². The number of hydrogen-bond acceptors (Lipinski definition) is 4. The summed E-state index contributed by atoms with van der Waals surface area (Å²) in [7, 11) is 1.77. The normalized spacial score (nSPS) is 13.6. The molecule has 0 spiro atoms. The zero-order valence-electron chi connectivity index (χ0n) is 10.6. The van der Waals surface area contributed by atoms with Gasteiger partial charge in [0.05, 0.1) is 17.2 Å². The van der Waals surface area contributed by atoms with Crippen LogP contribution in [0.4, 0.5) is 0 Å². The van der Waals surface area contributed by atoms with E-state index in [1.807, 2.05) is 11.3 Å². The van der Waals surface area contributed by atoms with Gasteiger partial charge in [-0.2, -0.15) is 0 Å². The van der Waals surface area contributed by atoms with Gasteiger partial charge in [-0.15, -0.1) is 23.7 Å². The highest BCUT2D eigenvalue weighted by Gasteiger charge is 2.14. The third-order valence-electron chi connectivity index (χ3n) is 2.89. The molecule has 0 radical (unpaired) electrons. The molecule has 1 aliphatic carbocycles. The highest BCUT2D eigenvalue weighted by atomic mass is 35.5. The van der Waals surface area contributed by atoms with E-state index in [9.17, 15) is 4.79 Å². The van der Waals surface area contributed by atoms with Gasteiger partial charge in [-0.3, -0.25) is 4.79 Å². The van der Waals surface area contributed by atoms with Crippen LogP contribution >= 0.6 is 23.7 Å². The average Bonchev–Trinajstić information content (AvgIpc) is 2.71. The molecule has 0 unspecified atom stereocenters. The smallest absolute Gasteiger partial charge is 0.233 e. The molecule has 0 saturated carbocycles. The van der Waals surface area contributed by atoms with Crippen molar-refractivity contribution in [2.24, 2.45) is 0 Å². The van der Waals surface area contributed by atoms with Gasteiger partial charge in [-0.1, -0.05) is 0 Å². The van der Waals surface area contributed by atoms with Gasteiger partial charge in [0, 0.05) is 17.8 Å². The first-order valence-electron chi connectivity index (χ1n) is 6.18. The van der Waals surface area contributed by atoms with Crippen molar-refractivity contribution >= 4 is 29.7 Å². The van der Waals surface area contributed by atoms with E-state index in [-0.39, 0.29) is 18.3 Å². The number of hydrogen-bond donors (Lipinski definition) is 2. The van der Waals surface area contributed by atoms with Gasteiger partial charge in [0.25, 0.3) is 0 Å². The van der Waals surface area contributed by atoms with Gasteiger partial charge in [-0.05, 0) is 32.7 Å². The van der Waals surface area contributed by atoms with Crippen LogP contribution in [0, 0.1) is 0 Å². The van der Waals surface area contributed by atoms with Crippen molar-refractivity contribution in [3.8, 4) is 0 Å². The van der Waals surface area contributed by atoms with Crippen LogP contribution in [-0.4, -0.2) is 31.0 Å². The van der Waals surface area contributed by atoms with E-state index in [2.05, 4.69) is 15.6 Å². The third-order valence-corrected chi connectivity index (χ3v) is 4.11. The lowest BCUT2D eigenvalue weighted by Gasteiger charge is -2.06. The molecular formula is C12H20ClN3OS. The molecule has 2 rings (SSSR count). The summed E-state index contributed by atoms with van der Waals surface area (Å²) >= 11 is 1.82. The Hall–Kier alpha value is -0.650. The molecule has 2 N–H and O–H groups in total. The lowest BCUT2D eigenvalue weighted by atomic mass is 10.0. The Morgan fingerprint density at radius 3 is 2.89 bits per heavy atom. The van der Waals surface area contributed by atoms with E-state index in [1.165, 1.54) is 34.8 Å². The predicted molar refractivity (Wildman–Crippen MR) is 76.6 cm³/mol. The van der Waals surface area contributed by atoms with Gasteiger partial charge >= 0.3 is 0 Å². The number of halogens is 1. The summed E-state index contributed by atoms with van der Waals surface area (Å²) in [5.74, 6) is 0.0498. The summed E-state index contributed by atoms with van der Waals surface area (Å²) < 4.78 is 0. The Morgan fingerprint density at radius 2 is 2.17 bits per heavy atom. The number of likely N-dealkylation sites (N-methyl/N-ethyl adjacent to an activating group) is 1. The van der Waals surface area contributed by atoms with E-state index in [0.29, 0.717) is 13.1 Å². The molecular weight excluding hydrogens is 270 g/mol. The van der Waals surface area contributed by atoms with E-state index in [0.717, 1.165) is 12.8 Å². The van der Waals surface area contributed by atoms with E-state index < -0.39 is 0 Å². The van der Waals surface area contributed by atoms with Crippen LogP contribution in [0.1, 0.15) is 28.4 Å². The summed E-state index contributed by atoms with van der Waals surface area (Å²) in [4.78, 5) is 17.3. The van der Waals surface area contributed by atoms with Crippen LogP contribution in [-0.2, 0) is 24.1 Å². The summed E-state index contributed by atoms with van der Waals surface area (Å²) in [6, 6.07) is 0. The molecule has 1 heterocycles. The quantitative estimate of drug-likeness (QED) is 0.860. The third kappa shape index (κ3) is 4.23. The molecule has 0 aromatic carbocycles. The van der Waals surface area contributed by atoms with Crippen LogP contribution in [0.2, 0.25) is 0 Å². The van der Waals surface area contributed by atoms with Crippen molar-refractivity contribution in [2.75, 3.05) is 20.1 Å². The van der Waals surface area contributed by atoms with Crippen molar-refractivity contribution in [1.82, 2.24) is 15.6 Å². The van der Waals surface area contributed by atoms with Crippen molar-refractivity contribution in [3.63, 3.8) is 0 Å². The first kappa shape index (κ1) is 15.4. The Labute approximate surface area is 118 Å². The summed E-state index contributed by atoms with van der Waals surface area (Å²) in [6.07, 6.45) is 5.76. The van der Waals surface area contributed by atoms with Crippen molar-refractivity contribution in [1.29, 1.82) is 0 Å². The molecule has 0 bridgehead atoms. The first-order chi connectivity index (χ1) is 8.29. The monoisotopic (exact) mass is 289 g/mol. The predicted octanol–water partition coefficient (Wildman–Crippen LogP) is 1.32. The fraction of sp³-hybridized carbons (Fsp3) is 0.667. The topological polar surface area (TPSA) is 54.0 Å². The van der Waals surface area contributed by atoms with Crippen LogP contribution < -0.4 is 10.6 Å². The molecule has 1 aromatic heterocycles. The summed E-state index contributed by atoms with van der Waals surface area (Å²) in [6.45, 7) is 1.07. The van der Waals surface area contributed by atoms with Gasteiger partial charge in [0.15, 0.2) is 0 Å².